The van der Waals surface area contributed by atoms with Crippen molar-refractivity contribution in [2.24, 2.45) is 0 Å². The standard InChI is InChI=1S/C25H29FN6O3/c1-24(2,34)21(26)14-29-23(33)17-13-28-19(10-18(17)31-22-7-8-35-25(22,3)4)20-6-5-16-9-15(11-27)12-30-32(16)20/h5-6,9-10,12-13,21-22,34H,7-8,14H2,1-4H3,(H,28,31)(H,29,33). The van der Waals surface area contributed by atoms with E-state index in [0.29, 0.717) is 29.2 Å². The fraction of sp³-hybridized carbons (Fsp3) is 0.440. The van der Waals surface area contributed by atoms with Crippen LogP contribution >= 0.6 is 0 Å². The van der Waals surface area contributed by atoms with Crippen LogP contribution in [-0.2, 0) is 4.74 Å². The van der Waals surface area contributed by atoms with Gasteiger partial charge in [0.15, 0.2) is 0 Å². The molecule has 2 atom stereocenters. The van der Waals surface area contributed by atoms with Crippen molar-refractivity contribution in [3.63, 3.8) is 0 Å². The topological polar surface area (TPSA) is 125 Å². The van der Waals surface area contributed by atoms with Crippen molar-refractivity contribution in [2.75, 3.05) is 18.5 Å². The Balaban J connectivity index is 1.69. The third-order valence-corrected chi connectivity index (χ3v) is 6.30. The molecule has 4 heterocycles. The number of pyridine rings is 1. The Morgan fingerprint density at radius 2 is 2.17 bits per heavy atom. The molecule has 1 aliphatic heterocycles. The molecule has 1 fully saturated rings. The maximum Gasteiger partial charge on any atom is 0.255 e. The molecule has 0 radical (unpaired) electrons. The summed E-state index contributed by atoms with van der Waals surface area (Å²) in [6.45, 7) is 6.92. The number of nitrogens with one attached hydrogen (secondary N) is 2. The zero-order valence-electron chi connectivity index (χ0n) is 20.2. The summed E-state index contributed by atoms with van der Waals surface area (Å²) >= 11 is 0. The SMILES string of the molecule is CC(C)(O)C(F)CNC(=O)c1cnc(-c2ccc3cc(C#N)cnn23)cc1NC1CCOC1(C)C. The average molecular weight is 481 g/mol. The first-order valence-electron chi connectivity index (χ1n) is 11.4. The van der Waals surface area contributed by atoms with Gasteiger partial charge in [0.25, 0.3) is 5.91 Å². The third kappa shape index (κ3) is 5.11. The first-order valence-corrected chi connectivity index (χ1v) is 11.4. The molecule has 1 saturated heterocycles. The molecule has 0 saturated carbocycles. The summed E-state index contributed by atoms with van der Waals surface area (Å²) in [6, 6.07) is 9.18. The van der Waals surface area contributed by atoms with Gasteiger partial charge in [0, 0.05) is 12.8 Å². The van der Waals surface area contributed by atoms with Gasteiger partial charge in [-0.3, -0.25) is 9.78 Å². The fourth-order valence-corrected chi connectivity index (χ4v) is 4.00. The summed E-state index contributed by atoms with van der Waals surface area (Å²) in [7, 11) is 0. The quantitative estimate of drug-likeness (QED) is 0.475. The highest BCUT2D eigenvalue weighted by atomic mass is 19.1. The minimum Gasteiger partial charge on any atom is -0.387 e. The number of fused-ring (bicyclic) bond motifs is 1. The van der Waals surface area contributed by atoms with Gasteiger partial charge >= 0.3 is 0 Å². The maximum absolute atomic E-state index is 14.2. The molecule has 10 heteroatoms. The monoisotopic (exact) mass is 480 g/mol. The Kier molecular flexibility index (Phi) is 6.49. The number of nitrogens with zero attached hydrogens (tertiary/aromatic N) is 4. The third-order valence-electron chi connectivity index (χ3n) is 6.30. The number of amides is 1. The van der Waals surface area contributed by atoms with E-state index >= 15 is 0 Å². The lowest BCUT2D eigenvalue weighted by Crippen LogP contribution is -2.42. The van der Waals surface area contributed by atoms with Gasteiger partial charge in [0.1, 0.15) is 12.2 Å². The van der Waals surface area contributed by atoms with Crippen LogP contribution < -0.4 is 10.6 Å². The Bertz CT molecular complexity index is 1290. The van der Waals surface area contributed by atoms with Crippen molar-refractivity contribution >= 4 is 17.1 Å². The van der Waals surface area contributed by atoms with E-state index in [0.717, 1.165) is 11.9 Å². The molecule has 1 aliphatic rings. The number of ether oxygens (including phenoxy) is 1. The molecule has 184 valence electrons. The number of alkyl halides is 1. The zero-order valence-corrected chi connectivity index (χ0v) is 20.2. The number of rotatable bonds is 7. The number of hydrogen-bond donors (Lipinski definition) is 3. The molecule has 4 rings (SSSR count). The van der Waals surface area contributed by atoms with E-state index in [1.807, 2.05) is 26.0 Å². The lowest BCUT2D eigenvalue weighted by atomic mass is 9.98. The van der Waals surface area contributed by atoms with Gasteiger partial charge < -0.3 is 20.5 Å². The number of aliphatic hydroxyl groups is 1. The highest BCUT2D eigenvalue weighted by molar-refractivity contribution is 6.00. The van der Waals surface area contributed by atoms with Gasteiger partial charge in [0.2, 0.25) is 0 Å². The number of aromatic nitrogens is 3. The van der Waals surface area contributed by atoms with Gasteiger partial charge in [-0.25, -0.2) is 8.91 Å². The first-order chi connectivity index (χ1) is 16.5. The van der Waals surface area contributed by atoms with E-state index in [9.17, 15) is 14.3 Å². The molecule has 3 aromatic heterocycles. The molecule has 0 bridgehead atoms. The summed E-state index contributed by atoms with van der Waals surface area (Å²) in [5, 5.41) is 29.3. The van der Waals surface area contributed by atoms with Crippen molar-refractivity contribution in [1.82, 2.24) is 19.9 Å². The Labute approximate surface area is 202 Å². The van der Waals surface area contributed by atoms with E-state index < -0.39 is 23.3 Å². The van der Waals surface area contributed by atoms with Gasteiger partial charge in [-0.1, -0.05) is 0 Å². The molecular weight excluding hydrogens is 451 g/mol. The minimum atomic E-state index is -1.63. The normalized spacial score (nSPS) is 18.3. The number of hydrogen-bond acceptors (Lipinski definition) is 7. The summed E-state index contributed by atoms with van der Waals surface area (Å²) in [5.74, 6) is -0.507. The van der Waals surface area contributed by atoms with Crippen molar-refractivity contribution in [2.45, 2.75) is 57.5 Å². The second kappa shape index (κ2) is 9.24. The van der Waals surface area contributed by atoms with E-state index in [4.69, 9.17) is 10.00 Å². The number of carbonyl (C=O) groups is 1. The highest BCUT2D eigenvalue weighted by Gasteiger charge is 2.36. The summed E-state index contributed by atoms with van der Waals surface area (Å²) < 4.78 is 21.7. The lowest BCUT2D eigenvalue weighted by Gasteiger charge is -2.28. The van der Waals surface area contributed by atoms with Crippen LogP contribution in [0.5, 0.6) is 0 Å². The fourth-order valence-electron chi connectivity index (χ4n) is 4.00. The predicted molar refractivity (Wildman–Crippen MR) is 129 cm³/mol. The molecular formula is C25H29FN6O3. The smallest absolute Gasteiger partial charge is 0.255 e. The van der Waals surface area contributed by atoms with Crippen LogP contribution in [-0.4, -0.2) is 62.2 Å². The molecule has 3 N–H and O–H groups in total. The van der Waals surface area contributed by atoms with Crippen molar-refractivity contribution in [1.29, 1.82) is 5.26 Å². The minimum absolute atomic E-state index is 0.0602. The van der Waals surface area contributed by atoms with Crippen LogP contribution in [0, 0.1) is 11.3 Å². The van der Waals surface area contributed by atoms with Crippen LogP contribution in [0.1, 0.15) is 50.0 Å². The average Bonchev–Trinajstić information content (AvgIpc) is 3.38. The molecule has 0 aliphatic carbocycles. The Morgan fingerprint density at radius 3 is 2.83 bits per heavy atom. The van der Waals surface area contributed by atoms with Crippen LogP contribution in [0.3, 0.4) is 0 Å². The van der Waals surface area contributed by atoms with E-state index in [-0.39, 0.29) is 18.2 Å². The van der Waals surface area contributed by atoms with Crippen molar-refractivity contribution < 1.29 is 19.0 Å². The molecule has 3 aromatic rings. The van der Waals surface area contributed by atoms with Gasteiger partial charge in [-0.05, 0) is 58.4 Å². The van der Waals surface area contributed by atoms with Gasteiger partial charge in [-0.15, -0.1) is 0 Å². The first kappa shape index (κ1) is 24.6. The summed E-state index contributed by atoms with van der Waals surface area (Å²) in [5.41, 5.74) is 1.20. The van der Waals surface area contributed by atoms with Crippen molar-refractivity contribution in [3.8, 4) is 17.5 Å². The molecule has 2 unspecified atom stereocenters. The van der Waals surface area contributed by atoms with E-state index in [2.05, 4.69) is 26.8 Å². The Hall–Kier alpha value is -3.55. The second-order valence-corrected chi connectivity index (χ2v) is 9.80. The number of anilines is 1. The Morgan fingerprint density at radius 1 is 1.40 bits per heavy atom. The van der Waals surface area contributed by atoms with E-state index in [1.165, 1.54) is 26.2 Å². The summed E-state index contributed by atoms with van der Waals surface area (Å²) in [6.07, 6.45) is 2.04. The lowest BCUT2D eigenvalue weighted by molar-refractivity contribution is -0.00178. The van der Waals surface area contributed by atoms with E-state index in [1.54, 1.807) is 16.6 Å². The zero-order chi connectivity index (χ0) is 25.4. The number of nitriles is 1. The largest absolute Gasteiger partial charge is 0.387 e. The van der Waals surface area contributed by atoms with Crippen LogP contribution in [0.25, 0.3) is 16.9 Å². The molecule has 9 nitrogen and oxygen atoms in total. The highest BCUT2D eigenvalue weighted by Crippen LogP contribution is 2.31. The van der Waals surface area contributed by atoms with Crippen LogP contribution in [0.2, 0.25) is 0 Å². The van der Waals surface area contributed by atoms with Gasteiger partial charge in [-0.2, -0.15) is 10.4 Å². The maximum atomic E-state index is 14.2. The van der Waals surface area contributed by atoms with Crippen molar-refractivity contribution in [3.05, 3.63) is 47.8 Å². The van der Waals surface area contributed by atoms with Gasteiger partial charge in [0.05, 0.1) is 63.7 Å². The predicted octanol–water partition coefficient (Wildman–Crippen LogP) is 3.09. The summed E-state index contributed by atoms with van der Waals surface area (Å²) in [4.78, 5) is 17.5. The molecule has 0 aromatic carbocycles. The molecule has 35 heavy (non-hydrogen) atoms. The van der Waals surface area contributed by atoms with Crippen LogP contribution in [0.4, 0.5) is 10.1 Å². The number of halogens is 1. The second-order valence-electron chi connectivity index (χ2n) is 9.80. The number of carbonyl (C=O) groups excluding carboxylic acids is 1. The van der Waals surface area contributed by atoms with Crippen LogP contribution in [0.15, 0.2) is 36.7 Å². The molecule has 1 amide bonds. The molecule has 0 spiro atoms.